The van der Waals surface area contributed by atoms with Gasteiger partial charge < -0.3 is 9.47 Å². The molecule has 8 heteroatoms. The van der Waals surface area contributed by atoms with Crippen LogP contribution in [0, 0.1) is 57.5 Å². The largest absolute Gasteiger partial charge is 0.469 e. The van der Waals surface area contributed by atoms with Gasteiger partial charge in [-0.15, -0.1) is 11.8 Å². The average molecular weight is 387 g/mol. The molecule has 0 radical (unpaired) electrons. The fourth-order valence-corrected chi connectivity index (χ4v) is 8.98. The van der Waals surface area contributed by atoms with Crippen molar-refractivity contribution in [3.05, 3.63) is 34.4 Å². The summed E-state index contributed by atoms with van der Waals surface area (Å²) in [6.07, 6.45) is -0.0731. The lowest BCUT2D eigenvalue weighted by molar-refractivity contribution is -0.387. The van der Waals surface area contributed by atoms with E-state index in [4.69, 9.17) is 9.47 Å². The summed E-state index contributed by atoms with van der Waals surface area (Å²) >= 11 is 1.57. The number of rotatable bonds is 4. The second-order valence-electron chi connectivity index (χ2n) is 8.25. The van der Waals surface area contributed by atoms with Crippen LogP contribution in [0.15, 0.2) is 29.2 Å². The second-order valence-corrected chi connectivity index (χ2v) is 9.47. The lowest BCUT2D eigenvalue weighted by atomic mass is 9.52. The predicted octanol–water partition coefficient (Wildman–Crippen LogP) is 2.14. The Kier molecular flexibility index (Phi) is 2.97. The van der Waals surface area contributed by atoms with Crippen molar-refractivity contribution in [2.75, 3.05) is 7.11 Å². The first kappa shape index (κ1) is 15.9. The highest BCUT2D eigenvalue weighted by Crippen LogP contribution is 2.81. The summed E-state index contributed by atoms with van der Waals surface area (Å²) in [6, 6.07) is 6.82. The van der Waals surface area contributed by atoms with E-state index < -0.39 is 5.92 Å². The molecule has 1 aromatic carbocycles. The first-order valence-corrected chi connectivity index (χ1v) is 10.1. The lowest BCUT2D eigenvalue weighted by Gasteiger charge is -2.53. The van der Waals surface area contributed by atoms with Crippen LogP contribution < -0.4 is 0 Å². The van der Waals surface area contributed by atoms with Crippen molar-refractivity contribution in [1.29, 1.82) is 0 Å². The lowest BCUT2D eigenvalue weighted by Crippen LogP contribution is -2.57. The number of hydrogen-bond acceptors (Lipinski definition) is 7. The summed E-state index contributed by atoms with van der Waals surface area (Å²) in [5, 5.41) is 11.6. The number of ether oxygens (including phenoxy) is 2. The van der Waals surface area contributed by atoms with Gasteiger partial charge in [0.05, 0.1) is 28.8 Å². The smallest absolute Gasteiger partial charge is 0.310 e. The number of nitro groups is 1. The van der Waals surface area contributed by atoms with Gasteiger partial charge in [0.2, 0.25) is 0 Å². The maximum absolute atomic E-state index is 12.5. The quantitative estimate of drug-likeness (QED) is 0.444. The minimum absolute atomic E-state index is 0.0731. The van der Waals surface area contributed by atoms with Gasteiger partial charge in [-0.2, -0.15) is 0 Å². The van der Waals surface area contributed by atoms with Crippen LogP contribution >= 0.6 is 11.8 Å². The molecule has 8 bridgehead atoms. The van der Waals surface area contributed by atoms with E-state index in [2.05, 4.69) is 0 Å². The van der Waals surface area contributed by atoms with Crippen LogP contribution in [-0.2, 0) is 19.1 Å². The Labute approximate surface area is 158 Å². The number of esters is 2. The highest BCUT2D eigenvalue weighted by Gasteiger charge is 2.85. The standard InChI is InChI=1S/C19H17NO6S/c1-25-18(21)14-9-10-13-8(11-15(14)19(22)26-16(10)11)12(9)17(13)27-7-5-3-2-4-6(7)20(23)24/h2-5,8-17H,1H3. The van der Waals surface area contributed by atoms with Gasteiger partial charge in [0.1, 0.15) is 6.10 Å². The number of thioether (sulfide) groups is 1. The number of nitrogens with zero attached hydrogens (tertiary/aromatic N) is 1. The van der Waals surface area contributed by atoms with Crippen LogP contribution in [0.3, 0.4) is 0 Å². The summed E-state index contributed by atoms with van der Waals surface area (Å²) in [5.41, 5.74) is 0.128. The van der Waals surface area contributed by atoms with Gasteiger partial charge in [-0.3, -0.25) is 19.7 Å². The summed E-state index contributed by atoms with van der Waals surface area (Å²) in [5.74, 6) is 0.169. The van der Waals surface area contributed by atoms with Crippen molar-refractivity contribution in [2.45, 2.75) is 16.2 Å². The first-order chi connectivity index (χ1) is 13.0. The molecule has 0 spiro atoms. The van der Waals surface area contributed by atoms with E-state index in [1.165, 1.54) is 13.2 Å². The summed E-state index contributed by atoms with van der Waals surface area (Å²) in [6.45, 7) is 0. The molecule has 1 saturated heterocycles. The number of methoxy groups -OCH3 is 1. The van der Waals surface area contributed by atoms with Crippen LogP contribution in [0.5, 0.6) is 0 Å². The van der Waals surface area contributed by atoms with Gasteiger partial charge in [-0.25, -0.2) is 0 Å². The Morgan fingerprint density at radius 1 is 1.15 bits per heavy atom. The maximum atomic E-state index is 12.5. The van der Waals surface area contributed by atoms with Gasteiger partial charge in [-0.05, 0) is 29.7 Å². The SMILES string of the molecule is COC(=O)C1C2C(=O)OC3C2C2C4C(Sc5ccccc5[N+](=O)[O-])C2C1C34. The van der Waals surface area contributed by atoms with Crippen molar-refractivity contribution in [3.8, 4) is 0 Å². The molecule has 0 aromatic heterocycles. The monoisotopic (exact) mass is 387 g/mol. The molecule has 6 saturated carbocycles. The minimum atomic E-state index is -0.418. The van der Waals surface area contributed by atoms with E-state index in [-0.39, 0.29) is 57.6 Å². The van der Waals surface area contributed by atoms with Gasteiger partial charge in [0.25, 0.3) is 5.69 Å². The van der Waals surface area contributed by atoms with Gasteiger partial charge in [0.15, 0.2) is 0 Å². The molecule has 6 aliphatic carbocycles. The van der Waals surface area contributed by atoms with Crippen LogP contribution in [0.1, 0.15) is 0 Å². The maximum Gasteiger partial charge on any atom is 0.310 e. The minimum Gasteiger partial charge on any atom is -0.469 e. The molecule has 10 unspecified atom stereocenters. The van der Waals surface area contributed by atoms with Crippen molar-refractivity contribution < 1.29 is 24.0 Å². The van der Waals surface area contributed by atoms with Crippen LogP contribution in [0.25, 0.3) is 0 Å². The number of para-hydroxylation sites is 1. The Balaban J connectivity index is 1.36. The molecule has 10 atom stereocenters. The van der Waals surface area contributed by atoms with Crippen molar-refractivity contribution in [1.82, 2.24) is 0 Å². The average Bonchev–Trinajstić information content (AvgIpc) is 3.30. The van der Waals surface area contributed by atoms with Crippen molar-refractivity contribution in [2.24, 2.45) is 47.3 Å². The predicted molar refractivity (Wildman–Crippen MR) is 92.6 cm³/mol. The molecule has 7 aliphatic rings. The summed E-state index contributed by atoms with van der Waals surface area (Å²) < 4.78 is 10.7. The van der Waals surface area contributed by atoms with Crippen molar-refractivity contribution in [3.63, 3.8) is 0 Å². The molecule has 0 amide bonds. The fourth-order valence-electron chi connectivity index (χ4n) is 7.22. The number of carbonyl (C=O) groups is 2. The molecule has 27 heavy (non-hydrogen) atoms. The topological polar surface area (TPSA) is 95.7 Å². The second kappa shape index (κ2) is 5.04. The zero-order valence-corrected chi connectivity index (χ0v) is 15.2. The molecule has 8 rings (SSSR count). The van der Waals surface area contributed by atoms with E-state index in [1.54, 1.807) is 23.9 Å². The molecule has 1 heterocycles. The molecule has 1 aromatic rings. The van der Waals surface area contributed by atoms with E-state index in [9.17, 15) is 19.7 Å². The Morgan fingerprint density at radius 2 is 1.89 bits per heavy atom. The van der Waals surface area contributed by atoms with Crippen LogP contribution in [0.4, 0.5) is 5.69 Å². The molecule has 0 N–H and O–H groups in total. The Morgan fingerprint density at radius 3 is 2.63 bits per heavy atom. The Hall–Kier alpha value is -2.09. The number of nitro benzene ring substituents is 1. The van der Waals surface area contributed by atoms with Gasteiger partial charge in [0, 0.05) is 23.2 Å². The van der Waals surface area contributed by atoms with Crippen LogP contribution in [-0.4, -0.2) is 35.3 Å². The first-order valence-electron chi connectivity index (χ1n) is 9.23. The van der Waals surface area contributed by atoms with E-state index in [0.717, 1.165) is 0 Å². The molecular weight excluding hydrogens is 370 g/mol. The molecule has 140 valence electrons. The summed E-state index contributed by atoms with van der Waals surface area (Å²) in [4.78, 5) is 36.5. The zero-order valence-electron chi connectivity index (χ0n) is 14.4. The molecule has 1 aliphatic heterocycles. The fraction of sp³-hybridized carbons (Fsp3) is 0.579. The highest BCUT2D eigenvalue weighted by atomic mass is 32.2. The van der Waals surface area contributed by atoms with Gasteiger partial charge >= 0.3 is 11.9 Å². The number of benzene rings is 1. The zero-order chi connectivity index (χ0) is 18.6. The van der Waals surface area contributed by atoms with Crippen molar-refractivity contribution >= 4 is 29.4 Å². The number of carbonyl (C=O) groups excluding carboxylic acids is 2. The van der Waals surface area contributed by atoms with E-state index in [1.807, 2.05) is 6.07 Å². The number of hydrogen-bond donors (Lipinski definition) is 0. The van der Waals surface area contributed by atoms with Crippen LogP contribution in [0.2, 0.25) is 0 Å². The molecular formula is C19H17NO6S. The third-order valence-electron chi connectivity index (χ3n) is 7.72. The van der Waals surface area contributed by atoms with Gasteiger partial charge in [-0.1, -0.05) is 12.1 Å². The summed E-state index contributed by atoms with van der Waals surface area (Å²) in [7, 11) is 1.37. The van der Waals surface area contributed by atoms with E-state index in [0.29, 0.717) is 22.6 Å². The third kappa shape index (κ3) is 1.67. The highest BCUT2D eigenvalue weighted by molar-refractivity contribution is 8.00. The normalized spacial score (nSPS) is 46.9. The molecule has 7 nitrogen and oxygen atoms in total. The van der Waals surface area contributed by atoms with E-state index >= 15 is 0 Å². The Bertz CT molecular complexity index is 904. The third-order valence-corrected chi connectivity index (χ3v) is 9.22. The molecule has 7 fully saturated rings.